The number of anilines is 1. The van der Waals surface area contributed by atoms with Gasteiger partial charge < -0.3 is 5.32 Å². The molecule has 0 aliphatic carbocycles. The standard InChI is InChI=1S/C21H20N2O3S/c1-13-8-14(2)10-17(9-13)22-19(24)12-23-20(25)18(27-21(23)26)11-16-7-5-4-6-15(16)3/h4-11H,12H2,1-3H3,(H,22,24)/b18-11+. The molecular formula is C21H20N2O3S. The number of carbonyl (C=O) groups excluding carboxylic acids is 3. The van der Waals surface area contributed by atoms with Crippen LogP contribution in [0.4, 0.5) is 10.5 Å². The molecule has 1 aliphatic rings. The van der Waals surface area contributed by atoms with E-state index in [1.165, 1.54) is 0 Å². The van der Waals surface area contributed by atoms with Crippen LogP contribution in [0.2, 0.25) is 0 Å². The van der Waals surface area contributed by atoms with Crippen LogP contribution in [0.15, 0.2) is 47.4 Å². The maximum absolute atomic E-state index is 12.6. The highest BCUT2D eigenvalue weighted by Crippen LogP contribution is 2.32. The van der Waals surface area contributed by atoms with Gasteiger partial charge in [-0.15, -0.1) is 0 Å². The van der Waals surface area contributed by atoms with E-state index in [9.17, 15) is 14.4 Å². The van der Waals surface area contributed by atoms with Crippen LogP contribution in [-0.2, 0) is 9.59 Å². The van der Waals surface area contributed by atoms with Crippen molar-refractivity contribution in [3.8, 4) is 0 Å². The van der Waals surface area contributed by atoms with Crippen molar-refractivity contribution in [1.29, 1.82) is 0 Å². The number of thioether (sulfide) groups is 1. The van der Waals surface area contributed by atoms with Gasteiger partial charge in [0.2, 0.25) is 5.91 Å². The van der Waals surface area contributed by atoms with Gasteiger partial charge in [0.25, 0.3) is 11.1 Å². The van der Waals surface area contributed by atoms with Gasteiger partial charge in [0.15, 0.2) is 0 Å². The molecule has 1 aliphatic heterocycles. The number of hydrogen-bond donors (Lipinski definition) is 1. The summed E-state index contributed by atoms with van der Waals surface area (Å²) in [5.74, 6) is -0.844. The minimum absolute atomic E-state index is 0.303. The molecule has 0 atom stereocenters. The maximum atomic E-state index is 12.6. The summed E-state index contributed by atoms with van der Waals surface area (Å²) in [6, 6.07) is 13.3. The molecule has 27 heavy (non-hydrogen) atoms. The highest BCUT2D eigenvalue weighted by atomic mass is 32.2. The van der Waals surface area contributed by atoms with Gasteiger partial charge >= 0.3 is 0 Å². The summed E-state index contributed by atoms with van der Waals surface area (Å²) in [6.07, 6.45) is 1.70. The molecule has 0 spiro atoms. The highest BCUT2D eigenvalue weighted by Gasteiger charge is 2.36. The van der Waals surface area contributed by atoms with Crippen LogP contribution < -0.4 is 5.32 Å². The Morgan fingerprint density at radius 2 is 1.74 bits per heavy atom. The molecule has 6 heteroatoms. The Balaban J connectivity index is 1.72. The lowest BCUT2D eigenvalue weighted by molar-refractivity contribution is -0.127. The lowest BCUT2D eigenvalue weighted by atomic mass is 10.1. The molecule has 138 valence electrons. The van der Waals surface area contributed by atoms with E-state index in [4.69, 9.17) is 0 Å². The van der Waals surface area contributed by atoms with Gasteiger partial charge in [0, 0.05) is 5.69 Å². The van der Waals surface area contributed by atoms with Gasteiger partial charge in [0.05, 0.1) is 4.91 Å². The fourth-order valence-corrected chi connectivity index (χ4v) is 3.75. The van der Waals surface area contributed by atoms with E-state index in [1.807, 2.05) is 63.2 Å². The fraction of sp³-hybridized carbons (Fsp3) is 0.190. The van der Waals surface area contributed by atoms with Gasteiger partial charge in [-0.05, 0) is 73.0 Å². The van der Waals surface area contributed by atoms with Gasteiger partial charge in [0.1, 0.15) is 6.54 Å². The predicted molar refractivity (Wildman–Crippen MR) is 108 cm³/mol. The molecule has 0 unspecified atom stereocenters. The van der Waals surface area contributed by atoms with Crippen LogP contribution in [0.1, 0.15) is 22.3 Å². The van der Waals surface area contributed by atoms with E-state index in [0.29, 0.717) is 10.6 Å². The molecule has 1 fully saturated rings. The molecule has 0 radical (unpaired) electrons. The van der Waals surface area contributed by atoms with Gasteiger partial charge in [-0.1, -0.05) is 30.3 Å². The molecule has 0 bridgehead atoms. The third-order valence-corrected chi connectivity index (χ3v) is 5.06. The van der Waals surface area contributed by atoms with Crippen LogP contribution in [0.5, 0.6) is 0 Å². The molecule has 3 amide bonds. The Hall–Kier alpha value is -2.86. The maximum Gasteiger partial charge on any atom is 0.294 e. The molecule has 5 nitrogen and oxygen atoms in total. The van der Waals surface area contributed by atoms with Crippen molar-refractivity contribution in [2.24, 2.45) is 0 Å². The molecule has 1 heterocycles. The minimum Gasteiger partial charge on any atom is -0.325 e. The molecule has 2 aromatic rings. The van der Waals surface area contributed by atoms with Crippen molar-refractivity contribution in [3.63, 3.8) is 0 Å². The monoisotopic (exact) mass is 380 g/mol. The quantitative estimate of drug-likeness (QED) is 0.804. The number of benzene rings is 2. The molecule has 0 aromatic heterocycles. The normalized spacial score (nSPS) is 15.5. The Morgan fingerprint density at radius 1 is 1.07 bits per heavy atom. The average Bonchev–Trinajstić information content (AvgIpc) is 2.83. The van der Waals surface area contributed by atoms with E-state index >= 15 is 0 Å². The van der Waals surface area contributed by atoms with Crippen molar-refractivity contribution in [2.75, 3.05) is 11.9 Å². The Bertz CT molecular complexity index is 945. The SMILES string of the molecule is Cc1cc(C)cc(NC(=O)CN2C(=O)S/C(=C/c3ccccc3C)C2=O)c1. The summed E-state index contributed by atoms with van der Waals surface area (Å²) >= 11 is 0.857. The first-order valence-corrected chi connectivity index (χ1v) is 9.34. The lowest BCUT2D eigenvalue weighted by Crippen LogP contribution is -2.36. The summed E-state index contributed by atoms with van der Waals surface area (Å²) in [5, 5.41) is 2.32. The lowest BCUT2D eigenvalue weighted by Gasteiger charge is -2.13. The van der Waals surface area contributed by atoms with Crippen LogP contribution in [0.3, 0.4) is 0 Å². The number of nitrogens with one attached hydrogen (secondary N) is 1. The number of rotatable bonds is 4. The summed E-state index contributed by atoms with van der Waals surface area (Å²) in [4.78, 5) is 38.4. The van der Waals surface area contributed by atoms with Crippen LogP contribution >= 0.6 is 11.8 Å². The average molecular weight is 380 g/mol. The zero-order valence-corrected chi connectivity index (χ0v) is 16.2. The van der Waals surface area contributed by atoms with Crippen molar-refractivity contribution >= 4 is 40.6 Å². The summed E-state index contributed by atoms with van der Waals surface area (Å²) in [7, 11) is 0. The first kappa shape index (κ1) is 18.9. The van der Waals surface area contributed by atoms with Crippen molar-refractivity contribution in [1.82, 2.24) is 4.90 Å². The zero-order chi connectivity index (χ0) is 19.6. The number of hydrogen-bond acceptors (Lipinski definition) is 4. The van der Waals surface area contributed by atoms with Crippen molar-refractivity contribution in [2.45, 2.75) is 20.8 Å². The number of aryl methyl sites for hydroxylation is 3. The van der Waals surface area contributed by atoms with E-state index in [0.717, 1.165) is 38.9 Å². The molecule has 1 saturated heterocycles. The highest BCUT2D eigenvalue weighted by molar-refractivity contribution is 8.18. The minimum atomic E-state index is -0.441. The van der Waals surface area contributed by atoms with Crippen LogP contribution in [-0.4, -0.2) is 28.5 Å². The Morgan fingerprint density at radius 3 is 2.41 bits per heavy atom. The zero-order valence-electron chi connectivity index (χ0n) is 15.4. The largest absolute Gasteiger partial charge is 0.325 e. The van der Waals surface area contributed by atoms with Gasteiger partial charge in [-0.3, -0.25) is 19.3 Å². The number of amides is 3. The molecule has 2 aromatic carbocycles. The summed E-state index contributed by atoms with van der Waals surface area (Å²) in [5.41, 5.74) is 4.59. The van der Waals surface area contributed by atoms with E-state index in [1.54, 1.807) is 6.08 Å². The Labute approximate surface area is 162 Å². The second-order valence-electron chi connectivity index (χ2n) is 6.55. The summed E-state index contributed by atoms with van der Waals surface area (Å²) < 4.78 is 0. The smallest absolute Gasteiger partial charge is 0.294 e. The van der Waals surface area contributed by atoms with E-state index in [-0.39, 0.29) is 6.54 Å². The third kappa shape index (κ3) is 4.46. The number of imide groups is 1. The van der Waals surface area contributed by atoms with E-state index < -0.39 is 17.1 Å². The Kier molecular flexibility index (Phi) is 5.46. The third-order valence-electron chi connectivity index (χ3n) is 4.16. The molecule has 3 rings (SSSR count). The van der Waals surface area contributed by atoms with Crippen molar-refractivity contribution in [3.05, 3.63) is 69.6 Å². The van der Waals surface area contributed by atoms with Crippen LogP contribution in [0, 0.1) is 20.8 Å². The predicted octanol–water partition coefficient (Wildman–Crippen LogP) is 4.29. The second-order valence-corrected chi connectivity index (χ2v) is 7.54. The fourth-order valence-electron chi connectivity index (χ4n) is 2.92. The molecule has 0 saturated carbocycles. The van der Waals surface area contributed by atoms with Crippen LogP contribution in [0.25, 0.3) is 6.08 Å². The summed E-state index contributed by atoms with van der Waals surface area (Å²) in [6.45, 7) is 5.51. The molecular weight excluding hydrogens is 360 g/mol. The molecule has 1 N–H and O–H groups in total. The van der Waals surface area contributed by atoms with Gasteiger partial charge in [-0.2, -0.15) is 0 Å². The number of carbonyl (C=O) groups is 3. The number of nitrogens with zero attached hydrogens (tertiary/aromatic N) is 1. The first-order chi connectivity index (χ1) is 12.8. The first-order valence-electron chi connectivity index (χ1n) is 8.52. The topological polar surface area (TPSA) is 66.5 Å². The van der Waals surface area contributed by atoms with E-state index in [2.05, 4.69) is 5.32 Å². The van der Waals surface area contributed by atoms with Crippen molar-refractivity contribution < 1.29 is 14.4 Å². The van der Waals surface area contributed by atoms with Gasteiger partial charge in [-0.25, -0.2) is 0 Å². The second kappa shape index (κ2) is 7.80.